The van der Waals surface area contributed by atoms with E-state index < -0.39 is 16.8 Å². The van der Waals surface area contributed by atoms with Crippen molar-refractivity contribution in [1.82, 2.24) is 5.32 Å². The van der Waals surface area contributed by atoms with Gasteiger partial charge >= 0.3 is 5.97 Å². The van der Waals surface area contributed by atoms with Crippen molar-refractivity contribution in [1.29, 1.82) is 0 Å². The molecule has 0 aliphatic carbocycles. The van der Waals surface area contributed by atoms with Crippen LogP contribution in [0, 0.1) is 0 Å². The van der Waals surface area contributed by atoms with Crippen LogP contribution in [0.1, 0.15) is 23.1 Å². The van der Waals surface area contributed by atoms with Gasteiger partial charge in [-0.05, 0) is 23.1 Å². The van der Waals surface area contributed by atoms with Crippen LogP contribution in [0.5, 0.6) is 0 Å². The average molecular weight is 390 g/mol. The molecular formula is C24H23NO2S. The second-order valence-electron chi connectivity index (χ2n) is 7.05. The van der Waals surface area contributed by atoms with E-state index in [4.69, 9.17) is 0 Å². The molecule has 2 atom stereocenters. The fraction of sp³-hybridized carbons (Fsp3) is 0.208. The molecule has 4 rings (SSSR count). The molecule has 0 amide bonds. The second-order valence-corrected chi connectivity index (χ2v) is 8.57. The number of benzene rings is 3. The first-order chi connectivity index (χ1) is 13.7. The van der Waals surface area contributed by atoms with Crippen LogP contribution in [0.25, 0.3) is 0 Å². The smallest absolute Gasteiger partial charge is 0.320 e. The molecule has 0 saturated carbocycles. The summed E-state index contributed by atoms with van der Waals surface area (Å²) in [4.78, 5) is 11.5. The molecule has 1 fully saturated rings. The average Bonchev–Trinajstić information content (AvgIpc) is 3.23. The number of aliphatic carboxylic acids is 1. The molecule has 0 aromatic heterocycles. The van der Waals surface area contributed by atoms with Crippen LogP contribution in [0.15, 0.2) is 91.0 Å². The van der Waals surface area contributed by atoms with E-state index in [0.717, 1.165) is 0 Å². The van der Waals surface area contributed by atoms with E-state index in [9.17, 15) is 9.90 Å². The van der Waals surface area contributed by atoms with E-state index in [2.05, 4.69) is 78.1 Å². The zero-order chi connectivity index (χ0) is 19.4. The summed E-state index contributed by atoms with van der Waals surface area (Å²) in [5, 5.41) is 12.8. The summed E-state index contributed by atoms with van der Waals surface area (Å²) in [6.45, 7) is 0.690. The van der Waals surface area contributed by atoms with E-state index in [1.54, 1.807) is 0 Å². The van der Waals surface area contributed by atoms with Crippen molar-refractivity contribution in [2.24, 2.45) is 0 Å². The quantitative estimate of drug-likeness (QED) is 0.608. The highest BCUT2D eigenvalue weighted by molar-refractivity contribution is 8.01. The zero-order valence-electron chi connectivity index (χ0n) is 15.5. The minimum Gasteiger partial charge on any atom is -0.480 e. The van der Waals surface area contributed by atoms with Crippen LogP contribution in [-0.2, 0) is 9.54 Å². The molecular weight excluding hydrogens is 366 g/mol. The fourth-order valence-electron chi connectivity index (χ4n) is 3.95. The minimum absolute atomic E-state index is 0.196. The molecule has 0 unspecified atom stereocenters. The van der Waals surface area contributed by atoms with Crippen molar-refractivity contribution < 1.29 is 9.90 Å². The molecule has 28 heavy (non-hydrogen) atoms. The Balaban J connectivity index is 1.85. The SMILES string of the molecule is O=C(O)[C@@H]1C[C@H](SC(c2ccccc2)(c2ccccc2)c2ccccc2)CN1. The van der Waals surface area contributed by atoms with E-state index >= 15 is 0 Å². The Labute approximate surface area is 169 Å². The van der Waals surface area contributed by atoms with Gasteiger partial charge in [0.25, 0.3) is 0 Å². The molecule has 1 saturated heterocycles. The molecule has 1 aliphatic rings. The summed E-state index contributed by atoms with van der Waals surface area (Å²) in [5.74, 6) is -0.771. The third kappa shape index (κ3) is 3.58. The number of nitrogens with one attached hydrogen (secondary N) is 1. The molecule has 1 heterocycles. The highest BCUT2D eigenvalue weighted by atomic mass is 32.2. The van der Waals surface area contributed by atoms with Crippen LogP contribution in [-0.4, -0.2) is 28.9 Å². The summed E-state index contributed by atoms with van der Waals surface area (Å²) in [6.07, 6.45) is 0.619. The summed E-state index contributed by atoms with van der Waals surface area (Å²) < 4.78 is -0.399. The van der Waals surface area contributed by atoms with Crippen molar-refractivity contribution in [3.05, 3.63) is 108 Å². The van der Waals surface area contributed by atoms with Gasteiger partial charge in [-0.15, -0.1) is 11.8 Å². The second kappa shape index (κ2) is 8.21. The van der Waals surface area contributed by atoms with Crippen molar-refractivity contribution >= 4 is 17.7 Å². The Morgan fingerprint density at radius 3 is 1.61 bits per heavy atom. The third-order valence-electron chi connectivity index (χ3n) is 5.27. The number of carboxylic acid groups (broad SMARTS) is 1. The van der Waals surface area contributed by atoms with Gasteiger partial charge in [0.05, 0.1) is 4.75 Å². The molecule has 0 radical (unpaired) electrons. The van der Waals surface area contributed by atoms with E-state index in [0.29, 0.717) is 13.0 Å². The molecule has 0 spiro atoms. The Morgan fingerprint density at radius 2 is 1.25 bits per heavy atom. The van der Waals surface area contributed by atoms with Gasteiger partial charge in [0.15, 0.2) is 0 Å². The monoisotopic (exact) mass is 389 g/mol. The number of rotatable bonds is 6. The van der Waals surface area contributed by atoms with Crippen molar-refractivity contribution in [3.63, 3.8) is 0 Å². The van der Waals surface area contributed by atoms with Gasteiger partial charge in [0, 0.05) is 11.8 Å². The number of carbonyl (C=O) groups is 1. The van der Waals surface area contributed by atoms with Gasteiger partial charge in [-0.2, -0.15) is 0 Å². The van der Waals surface area contributed by atoms with E-state index in [-0.39, 0.29) is 5.25 Å². The molecule has 3 aromatic carbocycles. The van der Waals surface area contributed by atoms with Crippen LogP contribution in [0.4, 0.5) is 0 Å². The lowest BCUT2D eigenvalue weighted by Crippen LogP contribution is -2.30. The minimum atomic E-state index is -0.771. The third-order valence-corrected chi connectivity index (χ3v) is 7.03. The van der Waals surface area contributed by atoms with Gasteiger partial charge in [-0.25, -0.2) is 0 Å². The normalized spacial score (nSPS) is 19.4. The van der Waals surface area contributed by atoms with Crippen molar-refractivity contribution in [2.75, 3.05) is 6.54 Å². The number of hydrogen-bond acceptors (Lipinski definition) is 3. The summed E-state index contributed by atoms with van der Waals surface area (Å²) in [7, 11) is 0. The maximum atomic E-state index is 11.5. The fourth-order valence-corrected chi connectivity index (χ4v) is 5.74. The first-order valence-electron chi connectivity index (χ1n) is 9.51. The Hall–Kier alpha value is -2.56. The lowest BCUT2D eigenvalue weighted by molar-refractivity contribution is -0.139. The van der Waals surface area contributed by atoms with Crippen LogP contribution >= 0.6 is 11.8 Å². The molecule has 4 heteroatoms. The zero-order valence-corrected chi connectivity index (χ0v) is 16.3. The van der Waals surface area contributed by atoms with Crippen LogP contribution in [0.2, 0.25) is 0 Å². The Kier molecular flexibility index (Phi) is 5.51. The Morgan fingerprint density at radius 1 is 0.821 bits per heavy atom. The Bertz CT molecular complexity index is 818. The molecule has 1 aliphatic heterocycles. The lowest BCUT2D eigenvalue weighted by Gasteiger charge is -2.37. The summed E-state index contributed by atoms with van der Waals surface area (Å²) in [5.41, 5.74) is 3.61. The van der Waals surface area contributed by atoms with Crippen molar-refractivity contribution in [2.45, 2.75) is 22.5 Å². The molecule has 3 aromatic rings. The van der Waals surface area contributed by atoms with Crippen LogP contribution < -0.4 is 5.32 Å². The molecule has 3 nitrogen and oxygen atoms in total. The molecule has 142 valence electrons. The highest BCUT2D eigenvalue weighted by Crippen LogP contribution is 2.51. The summed E-state index contributed by atoms with van der Waals surface area (Å²) in [6, 6.07) is 31.1. The highest BCUT2D eigenvalue weighted by Gasteiger charge is 2.42. The van der Waals surface area contributed by atoms with Gasteiger partial charge in [-0.3, -0.25) is 4.79 Å². The predicted octanol–water partition coefficient (Wildman–Crippen LogP) is 4.53. The number of thioether (sulfide) groups is 1. The standard InChI is InChI=1S/C24H23NO2S/c26-23(27)22-16-21(17-25-22)28-24(18-10-4-1-5-11-18,19-12-6-2-7-13-19)20-14-8-3-9-15-20/h1-15,21-22,25H,16-17H2,(H,26,27)/t21-,22-/m0/s1. The number of hydrogen-bond donors (Lipinski definition) is 2. The van der Waals surface area contributed by atoms with Gasteiger partial charge in [0.1, 0.15) is 6.04 Å². The maximum absolute atomic E-state index is 11.5. The van der Waals surface area contributed by atoms with E-state index in [1.165, 1.54) is 16.7 Å². The molecule has 0 bridgehead atoms. The lowest BCUT2D eigenvalue weighted by atomic mass is 9.84. The first-order valence-corrected chi connectivity index (χ1v) is 10.4. The topological polar surface area (TPSA) is 49.3 Å². The van der Waals surface area contributed by atoms with Crippen molar-refractivity contribution in [3.8, 4) is 0 Å². The maximum Gasteiger partial charge on any atom is 0.320 e. The molecule has 2 N–H and O–H groups in total. The van der Waals surface area contributed by atoms with Gasteiger partial charge in [-0.1, -0.05) is 91.0 Å². The van der Waals surface area contributed by atoms with E-state index in [1.807, 2.05) is 30.0 Å². The predicted molar refractivity (Wildman–Crippen MR) is 115 cm³/mol. The van der Waals surface area contributed by atoms with Crippen LogP contribution in [0.3, 0.4) is 0 Å². The summed E-state index contributed by atoms with van der Waals surface area (Å²) >= 11 is 1.85. The van der Waals surface area contributed by atoms with Gasteiger partial charge in [0.2, 0.25) is 0 Å². The van der Waals surface area contributed by atoms with Gasteiger partial charge < -0.3 is 10.4 Å². The number of carboxylic acids is 1. The first kappa shape index (κ1) is 18.8. The largest absolute Gasteiger partial charge is 0.480 e.